The van der Waals surface area contributed by atoms with Crippen molar-refractivity contribution in [2.75, 3.05) is 18.5 Å². The van der Waals surface area contributed by atoms with Gasteiger partial charge >= 0.3 is 5.97 Å². The van der Waals surface area contributed by atoms with Gasteiger partial charge in [-0.2, -0.15) is 0 Å². The van der Waals surface area contributed by atoms with E-state index in [1.54, 1.807) is 0 Å². The molecule has 0 radical (unpaired) electrons. The lowest BCUT2D eigenvalue weighted by Gasteiger charge is -2.13. The normalized spacial score (nSPS) is 10.3. The molecule has 0 atom stereocenters. The number of nitrogens with zero attached hydrogens (tertiary/aromatic N) is 1. The first-order valence-electron chi connectivity index (χ1n) is 8.84. The van der Waals surface area contributed by atoms with Gasteiger partial charge in [0.15, 0.2) is 6.61 Å². The molecule has 30 heavy (non-hydrogen) atoms. The maximum atomic E-state index is 12.1. The largest absolute Gasteiger partial charge is 0.452 e. The molecule has 0 unspecified atom stereocenters. The van der Waals surface area contributed by atoms with Crippen LogP contribution in [0.15, 0.2) is 30.3 Å². The summed E-state index contributed by atoms with van der Waals surface area (Å²) in [5.41, 5.74) is 2.98. The fourth-order valence-corrected chi connectivity index (χ4v) is 2.97. The quantitative estimate of drug-likeness (QED) is 0.392. The number of carbonyl (C=O) groups is 3. The second-order valence-electron chi connectivity index (χ2n) is 6.60. The summed E-state index contributed by atoms with van der Waals surface area (Å²) in [6, 6.07) is 7.26. The number of rotatable bonds is 7. The van der Waals surface area contributed by atoms with Crippen molar-refractivity contribution in [2.45, 2.75) is 20.8 Å². The lowest BCUT2D eigenvalue weighted by Crippen LogP contribution is -2.35. The minimum absolute atomic E-state index is 0.123. The van der Waals surface area contributed by atoms with Crippen LogP contribution in [0.3, 0.4) is 0 Å². The number of benzene rings is 2. The monoisotopic (exact) mass is 433 g/mol. The van der Waals surface area contributed by atoms with Crippen molar-refractivity contribution in [3.05, 3.63) is 67.7 Å². The molecule has 0 saturated carbocycles. The van der Waals surface area contributed by atoms with Crippen molar-refractivity contribution >= 4 is 40.8 Å². The highest BCUT2D eigenvalue weighted by atomic mass is 35.5. The molecule has 2 amide bonds. The molecule has 0 spiro atoms. The minimum atomic E-state index is -0.930. The molecular weight excluding hydrogens is 414 g/mol. The summed E-state index contributed by atoms with van der Waals surface area (Å²) in [6.45, 7) is 4.74. The molecule has 0 aliphatic carbocycles. The van der Waals surface area contributed by atoms with Crippen molar-refractivity contribution < 1.29 is 24.0 Å². The molecule has 2 aromatic rings. The van der Waals surface area contributed by atoms with Crippen LogP contribution in [0, 0.1) is 30.9 Å². The van der Waals surface area contributed by atoms with E-state index in [4.69, 9.17) is 16.3 Å². The predicted octanol–water partition coefficient (Wildman–Crippen LogP) is 3.09. The van der Waals surface area contributed by atoms with E-state index in [-0.39, 0.29) is 17.1 Å². The van der Waals surface area contributed by atoms with Crippen molar-refractivity contribution in [3.8, 4) is 0 Å². The van der Waals surface area contributed by atoms with Crippen LogP contribution in [-0.2, 0) is 14.3 Å². The Bertz CT molecular complexity index is 999. The number of carbonyl (C=O) groups excluding carboxylic acids is 3. The zero-order valence-corrected chi connectivity index (χ0v) is 17.3. The molecule has 2 aromatic carbocycles. The number of hydrogen-bond donors (Lipinski definition) is 2. The lowest BCUT2D eigenvalue weighted by molar-refractivity contribution is -0.384. The van der Waals surface area contributed by atoms with Crippen LogP contribution in [0.2, 0.25) is 5.02 Å². The number of nitrogens with one attached hydrogen (secondary N) is 2. The summed E-state index contributed by atoms with van der Waals surface area (Å²) in [5, 5.41) is 15.8. The minimum Gasteiger partial charge on any atom is -0.452 e. The van der Waals surface area contributed by atoms with Gasteiger partial charge in [0.25, 0.3) is 11.6 Å². The van der Waals surface area contributed by atoms with E-state index in [1.165, 1.54) is 12.1 Å². The second-order valence-corrected chi connectivity index (χ2v) is 7.01. The zero-order chi connectivity index (χ0) is 22.4. The van der Waals surface area contributed by atoms with Crippen LogP contribution in [0.1, 0.15) is 27.0 Å². The first kappa shape index (κ1) is 22.8. The highest BCUT2D eigenvalue weighted by Gasteiger charge is 2.18. The summed E-state index contributed by atoms with van der Waals surface area (Å²) in [5.74, 6) is -2.06. The number of anilines is 1. The average Bonchev–Trinajstić information content (AvgIpc) is 2.67. The molecular formula is C20H20ClN3O6. The fraction of sp³-hybridized carbons (Fsp3) is 0.250. The van der Waals surface area contributed by atoms with Crippen LogP contribution in [0.25, 0.3) is 0 Å². The maximum Gasteiger partial charge on any atom is 0.338 e. The Kier molecular flexibility index (Phi) is 7.48. The molecule has 0 bridgehead atoms. The lowest BCUT2D eigenvalue weighted by atomic mass is 10.1. The fourth-order valence-electron chi connectivity index (χ4n) is 2.78. The first-order chi connectivity index (χ1) is 14.1. The highest BCUT2D eigenvalue weighted by molar-refractivity contribution is 6.32. The van der Waals surface area contributed by atoms with Crippen LogP contribution < -0.4 is 10.6 Å². The Morgan fingerprint density at radius 3 is 2.30 bits per heavy atom. The molecule has 9 nitrogen and oxygen atoms in total. The van der Waals surface area contributed by atoms with E-state index >= 15 is 0 Å². The Labute approximate surface area is 177 Å². The van der Waals surface area contributed by atoms with Gasteiger partial charge in [0.1, 0.15) is 5.02 Å². The van der Waals surface area contributed by atoms with E-state index in [1.807, 2.05) is 32.9 Å². The van der Waals surface area contributed by atoms with E-state index in [9.17, 15) is 24.5 Å². The third kappa shape index (κ3) is 6.02. The van der Waals surface area contributed by atoms with E-state index in [0.29, 0.717) is 5.69 Å². The van der Waals surface area contributed by atoms with Crippen LogP contribution in [-0.4, -0.2) is 35.9 Å². The molecule has 0 saturated heterocycles. The standard InChI is InChI=1S/C20H20ClN3O6/c1-11-6-12(2)19(13(3)7-11)23-17(25)9-22-18(26)10-30-20(27)14-4-5-15(21)16(8-14)24(28)29/h4-8H,9-10H2,1-3H3,(H,22,26)(H,23,25). The molecule has 0 aromatic heterocycles. The van der Waals surface area contributed by atoms with Gasteiger partial charge in [-0.05, 0) is 44.0 Å². The van der Waals surface area contributed by atoms with Gasteiger partial charge in [0, 0.05) is 11.8 Å². The van der Waals surface area contributed by atoms with Crippen LogP contribution in [0.5, 0.6) is 0 Å². The zero-order valence-electron chi connectivity index (χ0n) is 16.6. The topological polar surface area (TPSA) is 128 Å². The first-order valence-corrected chi connectivity index (χ1v) is 9.21. The van der Waals surface area contributed by atoms with Gasteiger partial charge in [-0.1, -0.05) is 29.3 Å². The van der Waals surface area contributed by atoms with Gasteiger partial charge in [-0.15, -0.1) is 0 Å². The number of nitro groups is 1. The van der Waals surface area contributed by atoms with Crippen molar-refractivity contribution in [3.63, 3.8) is 0 Å². The summed E-state index contributed by atoms with van der Waals surface area (Å²) in [7, 11) is 0. The van der Waals surface area contributed by atoms with Gasteiger partial charge in [-0.3, -0.25) is 19.7 Å². The highest BCUT2D eigenvalue weighted by Crippen LogP contribution is 2.25. The third-order valence-corrected chi connectivity index (χ3v) is 4.42. The molecule has 2 N–H and O–H groups in total. The second kappa shape index (κ2) is 9.84. The van der Waals surface area contributed by atoms with Crippen molar-refractivity contribution in [1.82, 2.24) is 5.32 Å². The van der Waals surface area contributed by atoms with E-state index < -0.39 is 35.0 Å². The number of ether oxygens (including phenoxy) is 1. The van der Waals surface area contributed by atoms with Gasteiger partial charge < -0.3 is 15.4 Å². The summed E-state index contributed by atoms with van der Waals surface area (Å²) in [6.07, 6.45) is 0. The summed E-state index contributed by atoms with van der Waals surface area (Å²) in [4.78, 5) is 46.0. The number of nitro benzene ring substituents is 1. The number of esters is 1. The van der Waals surface area contributed by atoms with Gasteiger partial charge in [0.2, 0.25) is 5.91 Å². The molecule has 158 valence electrons. The molecule has 0 aliphatic rings. The Morgan fingerprint density at radius 1 is 1.07 bits per heavy atom. The number of amides is 2. The van der Waals surface area contributed by atoms with Crippen LogP contribution >= 0.6 is 11.6 Å². The molecule has 10 heteroatoms. The molecule has 0 heterocycles. The van der Waals surface area contributed by atoms with Crippen LogP contribution in [0.4, 0.5) is 11.4 Å². The number of halogens is 1. The average molecular weight is 434 g/mol. The Hall–Kier alpha value is -3.46. The smallest absolute Gasteiger partial charge is 0.338 e. The Morgan fingerprint density at radius 2 is 1.70 bits per heavy atom. The van der Waals surface area contributed by atoms with Gasteiger partial charge in [-0.25, -0.2) is 4.79 Å². The van der Waals surface area contributed by atoms with E-state index in [0.717, 1.165) is 22.8 Å². The SMILES string of the molecule is Cc1cc(C)c(NC(=O)CNC(=O)COC(=O)c2ccc(Cl)c([N+](=O)[O-])c2)c(C)c1. The summed E-state index contributed by atoms with van der Waals surface area (Å²) < 4.78 is 4.82. The van der Waals surface area contributed by atoms with Crippen molar-refractivity contribution in [2.24, 2.45) is 0 Å². The number of aryl methyl sites for hydroxylation is 3. The Balaban J connectivity index is 1.85. The van der Waals surface area contributed by atoms with Crippen molar-refractivity contribution in [1.29, 1.82) is 0 Å². The summed E-state index contributed by atoms with van der Waals surface area (Å²) >= 11 is 5.68. The number of hydrogen-bond acceptors (Lipinski definition) is 6. The molecule has 0 fully saturated rings. The third-order valence-electron chi connectivity index (χ3n) is 4.10. The van der Waals surface area contributed by atoms with Gasteiger partial charge in [0.05, 0.1) is 17.0 Å². The van der Waals surface area contributed by atoms with E-state index in [2.05, 4.69) is 10.6 Å². The maximum absolute atomic E-state index is 12.1. The predicted molar refractivity (Wildman–Crippen MR) is 111 cm³/mol. The molecule has 2 rings (SSSR count). The molecule has 0 aliphatic heterocycles.